The minimum Gasteiger partial charge on any atom is -0.489 e. The van der Waals surface area contributed by atoms with Gasteiger partial charge in [0.05, 0.1) is 11.8 Å². The first-order chi connectivity index (χ1) is 10.0. The molecule has 0 radical (unpaired) electrons. The van der Waals surface area contributed by atoms with E-state index >= 15 is 0 Å². The summed E-state index contributed by atoms with van der Waals surface area (Å²) < 4.78 is 5.80. The van der Waals surface area contributed by atoms with Crippen LogP contribution in [0.3, 0.4) is 0 Å². The van der Waals surface area contributed by atoms with Gasteiger partial charge in [-0.1, -0.05) is 13.8 Å². The number of hydrogen-bond donors (Lipinski definition) is 1. The van der Waals surface area contributed by atoms with Crippen LogP contribution in [0.5, 0.6) is 5.75 Å². The predicted molar refractivity (Wildman–Crippen MR) is 90.2 cm³/mol. The van der Waals surface area contributed by atoms with Crippen molar-refractivity contribution in [3.8, 4) is 5.75 Å². The van der Waals surface area contributed by atoms with E-state index in [-0.39, 0.29) is 6.10 Å². The molecular weight excluding hydrogens is 262 g/mol. The van der Waals surface area contributed by atoms with Crippen LogP contribution in [0.15, 0.2) is 18.2 Å². The third-order valence-corrected chi connectivity index (χ3v) is 4.22. The van der Waals surface area contributed by atoms with E-state index < -0.39 is 0 Å². The molecule has 4 nitrogen and oxygen atoms in total. The molecular formula is C17H29N3O. The minimum absolute atomic E-state index is 0.143. The van der Waals surface area contributed by atoms with E-state index in [2.05, 4.69) is 35.8 Å². The monoisotopic (exact) mass is 291 g/mol. The van der Waals surface area contributed by atoms with E-state index in [4.69, 9.17) is 10.5 Å². The van der Waals surface area contributed by atoms with Gasteiger partial charge in [0.1, 0.15) is 5.75 Å². The smallest absolute Gasteiger partial charge is 0.144 e. The van der Waals surface area contributed by atoms with Crippen LogP contribution in [0, 0.1) is 0 Å². The molecule has 1 aliphatic rings. The summed E-state index contributed by atoms with van der Waals surface area (Å²) in [7, 11) is 0. The Hall–Kier alpha value is -1.42. The van der Waals surface area contributed by atoms with Gasteiger partial charge < -0.3 is 15.4 Å². The Morgan fingerprint density at radius 1 is 1.33 bits per heavy atom. The van der Waals surface area contributed by atoms with Gasteiger partial charge >= 0.3 is 0 Å². The Balaban J connectivity index is 2.09. The third-order valence-electron chi connectivity index (χ3n) is 4.22. The van der Waals surface area contributed by atoms with Crippen LogP contribution in [0.25, 0.3) is 0 Å². The standard InChI is InChI=1S/C17H29N3O/c1-5-19(6-2)15-9-10-20(12-15)14-7-8-16(18)17(11-14)21-13(3)4/h7-8,11,13,15H,5-6,9-10,12,18H2,1-4H3. The van der Waals surface area contributed by atoms with Gasteiger partial charge in [-0.25, -0.2) is 0 Å². The van der Waals surface area contributed by atoms with E-state index in [9.17, 15) is 0 Å². The number of nitrogens with zero attached hydrogens (tertiary/aromatic N) is 2. The minimum atomic E-state index is 0.143. The molecule has 21 heavy (non-hydrogen) atoms. The fourth-order valence-electron chi connectivity index (χ4n) is 3.09. The normalized spacial score (nSPS) is 18.8. The molecule has 1 atom stereocenters. The number of anilines is 2. The number of rotatable bonds is 6. The van der Waals surface area contributed by atoms with Crippen LogP contribution in [0.4, 0.5) is 11.4 Å². The Morgan fingerprint density at radius 2 is 2.05 bits per heavy atom. The van der Waals surface area contributed by atoms with Gasteiger partial charge in [0.15, 0.2) is 0 Å². The highest BCUT2D eigenvalue weighted by atomic mass is 16.5. The maximum absolute atomic E-state index is 6.00. The molecule has 1 aromatic rings. The number of nitrogen functional groups attached to an aromatic ring is 1. The highest BCUT2D eigenvalue weighted by Crippen LogP contribution is 2.31. The van der Waals surface area contributed by atoms with E-state index in [1.165, 1.54) is 12.1 Å². The summed E-state index contributed by atoms with van der Waals surface area (Å²) in [6, 6.07) is 6.80. The summed E-state index contributed by atoms with van der Waals surface area (Å²) in [6.07, 6.45) is 1.37. The molecule has 2 N–H and O–H groups in total. The second-order valence-corrected chi connectivity index (χ2v) is 6.00. The van der Waals surface area contributed by atoms with Gasteiger partial charge in [-0.15, -0.1) is 0 Å². The van der Waals surface area contributed by atoms with Gasteiger partial charge in [-0.3, -0.25) is 4.90 Å². The van der Waals surface area contributed by atoms with Gasteiger partial charge in [0, 0.05) is 30.9 Å². The lowest BCUT2D eigenvalue weighted by atomic mass is 10.2. The Kier molecular flexibility index (Phi) is 5.34. The molecule has 0 aromatic heterocycles. The largest absolute Gasteiger partial charge is 0.489 e. The van der Waals surface area contributed by atoms with E-state index in [1.54, 1.807) is 0 Å². The molecule has 0 spiro atoms. The van der Waals surface area contributed by atoms with Crippen molar-refractivity contribution in [2.75, 3.05) is 36.8 Å². The van der Waals surface area contributed by atoms with Gasteiger partial charge in [0.2, 0.25) is 0 Å². The zero-order chi connectivity index (χ0) is 15.4. The number of benzene rings is 1. The molecule has 1 saturated heterocycles. The molecule has 2 rings (SSSR count). The van der Waals surface area contributed by atoms with Gasteiger partial charge in [-0.2, -0.15) is 0 Å². The molecule has 0 amide bonds. The average molecular weight is 291 g/mol. The first kappa shape index (κ1) is 16.0. The molecule has 4 heteroatoms. The number of nitrogens with two attached hydrogens (primary N) is 1. The Bertz CT molecular complexity index is 457. The molecule has 1 fully saturated rings. The molecule has 1 aromatic carbocycles. The zero-order valence-corrected chi connectivity index (χ0v) is 13.8. The highest BCUT2D eigenvalue weighted by molar-refractivity contribution is 5.62. The molecule has 0 saturated carbocycles. The first-order valence-electron chi connectivity index (χ1n) is 8.10. The average Bonchev–Trinajstić information content (AvgIpc) is 2.92. The fraction of sp³-hybridized carbons (Fsp3) is 0.647. The maximum Gasteiger partial charge on any atom is 0.144 e. The van der Waals surface area contributed by atoms with Crippen LogP contribution >= 0.6 is 0 Å². The molecule has 1 unspecified atom stereocenters. The van der Waals surface area contributed by atoms with Crippen LogP contribution in [-0.4, -0.2) is 43.2 Å². The zero-order valence-electron chi connectivity index (χ0n) is 13.8. The van der Waals surface area contributed by atoms with Crippen molar-refractivity contribution in [1.29, 1.82) is 0 Å². The number of hydrogen-bond acceptors (Lipinski definition) is 4. The summed E-state index contributed by atoms with van der Waals surface area (Å²) in [5.41, 5.74) is 7.94. The molecule has 1 heterocycles. The quantitative estimate of drug-likeness (QED) is 0.818. The molecule has 0 aliphatic carbocycles. The summed E-state index contributed by atoms with van der Waals surface area (Å²) in [5.74, 6) is 0.800. The number of ether oxygens (including phenoxy) is 1. The van der Waals surface area contributed by atoms with E-state index in [0.29, 0.717) is 11.7 Å². The first-order valence-corrected chi connectivity index (χ1v) is 8.10. The van der Waals surface area contributed by atoms with Crippen LogP contribution in [-0.2, 0) is 0 Å². The topological polar surface area (TPSA) is 41.7 Å². The SMILES string of the molecule is CCN(CC)C1CCN(c2ccc(N)c(OC(C)C)c2)C1. The lowest BCUT2D eigenvalue weighted by molar-refractivity contribution is 0.232. The second-order valence-electron chi connectivity index (χ2n) is 6.00. The van der Waals surface area contributed by atoms with Crippen molar-refractivity contribution in [2.45, 2.75) is 46.3 Å². The molecule has 1 aliphatic heterocycles. The van der Waals surface area contributed by atoms with Crippen molar-refractivity contribution in [3.05, 3.63) is 18.2 Å². The van der Waals surface area contributed by atoms with Crippen LogP contribution < -0.4 is 15.4 Å². The number of likely N-dealkylation sites (N-methyl/N-ethyl adjacent to an activating group) is 1. The summed E-state index contributed by atoms with van der Waals surface area (Å²) >= 11 is 0. The van der Waals surface area contributed by atoms with Crippen LogP contribution in [0.2, 0.25) is 0 Å². The second kappa shape index (κ2) is 7.03. The van der Waals surface area contributed by atoms with E-state index in [0.717, 1.165) is 31.9 Å². The third kappa shape index (κ3) is 3.82. The summed E-state index contributed by atoms with van der Waals surface area (Å²) in [6.45, 7) is 13.0. The van der Waals surface area contributed by atoms with Gasteiger partial charge in [-0.05, 0) is 45.5 Å². The maximum atomic E-state index is 6.00. The lowest BCUT2D eigenvalue weighted by Gasteiger charge is -2.27. The van der Waals surface area contributed by atoms with Crippen molar-refractivity contribution >= 4 is 11.4 Å². The predicted octanol–water partition coefficient (Wildman–Crippen LogP) is 2.98. The molecule has 118 valence electrons. The lowest BCUT2D eigenvalue weighted by Crippen LogP contribution is -2.37. The van der Waals surface area contributed by atoms with Crippen molar-refractivity contribution < 1.29 is 4.74 Å². The van der Waals surface area contributed by atoms with E-state index in [1.807, 2.05) is 19.9 Å². The molecule has 0 bridgehead atoms. The van der Waals surface area contributed by atoms with Crippen molar-refractivity contribution in [3.63, 3.8) is 0 Å². The highest BCUT2D eigenvalue weighted by Gasteiger charge is 2.26. The summed E-state index contributed by atoms with van der Waals surface area (Å²) in [4.78, 5) is 4.98. The van der Waals surface area contributed by atoms with Crippen molar-refractivity contribution in [2.24, 2.45) is 0 Å². The Labute approximate surface area is 128 Å². The Morgan fingerprint density at radius 3 is 2.67 bits per heavy atom. The fourth-order valence-corrected chi connectivity index (χ4v) is 3.09. The summed E-state index contributed by atoms with van der Waals surface area (Å²) in [5, 5.41) is 0. The van der Waals surface area contributed by atoms with Crippen LogP contribution in [0.1, 0.15) is 34.1 Å². The van der Waals surface area contributed by atoms with Crippen molar-refractivity contribution in [1.82, 2.24) is 4.90 Å². The van der Waals surface area contributed by atoms with Gasteiger partial charge in [0.25, 0.3) is 0 Å².